The molecule has 2 heteroatoms. The Balaban J connectivity index is 1.36. The number of hydrogen-bond acceptors (Lipinski definition) is 1. The molecule has 0 aliphatic rings. The van der Waals surface area contributed by atoms with Gasteiger partial charge >= 0.3 is 0 Å². The lowest BCUT2D eigenvalue weighted by molar-refractivity contribution is 0.631. The van der Waals surface area contributed by atoms with E-state index >= 15 is 4.39 Å². The van der Waals surface area contributed by atoms with Crippen molar-refractivity contribution in [3.05, 3.63) is 224 Å². The van der Waals surface area contributed by atoms with Crippen LogP contribution in [0.5, 0.6) is 0 Å². The van der Waals surface area contributed by atoms with Gasteiger partial charge in [0.15, 0.2) is 0 Å². The van der Waals surface area contributed by atoms with Crippen LogP contribution in [0, 0.1) is 5.82 Å². The molecule has 0 saturated carbocycles. The molecule has 0 atom stereocenters. The monoisotopic (exact) mass is 693 g/mol. The van der Waals surface area contributed by atoms with Crippen LogP contribution in [0.25, 0.3) is 66.4 Å². The molecule has 256 valence electrons. The molecule has 0 N–H and O–H groups in total. The van der Waals surface area contributed by atoms with Crippen LogP contribution in [-0.4, -0.2) is 0 Å². The number of rotatable bonds is 8. The summed E-state index contributed by atoms with van der Waals surface area (Å²) in [6.45, 7) is 0. The third-order valence-corrected chi connectivity index (χ3v) is 10.2. The Hall–Kier alpha value is -7.03. The second-order valence-corrected chi connectivity index (χ2v) is 13.4. The molecule has 0 heterocycles. The van der Waals surface area contributed by atoms with Crippen LogP contribution < -0.4 is 4.90 Å². The fourth-order valence-corrected chi connectivity index (χ4v) is 7.67. The molecule has 9 aromatic rings. The first-order valence-electron chi connectivity index (χ1n) is 18.3. The van der Waals surface area contributed by atoms with Gasteiger partial charge in [0.1, 0.15) is 5.82 Å². The lowest BCUT2D eigenvalue weighted by atomic mass is 9.89. The van der Waals surface area contributed by atoms with E-state index in [4.69, 9.17) is 0 Å². The van der Waals surface area contributed by atoms with E-state index in [2.05, 4.69) is 181 Å². The van der Waals surface area contributed by atoms with Gasteiger partial charge in [-0.2, -0.15) is 0 Å². The molecule has 0 bridgehead atoms. The minimum Gasteiger partial charge on any atom is -0.309 e. The second kappa shape index (κ2) is 14.5. The maximum Gasteiger partial charge on any atom is 0.131 e. The molecule has 0 aliphatic heterocycles. The van der Waals surface area contributed by atoms with Gasteiger partial charge in [-0.3, -0.25) is 0 Å². The Kier molecular flexibility index (Phi) is 8.84. The van der Waals surface area contributed by atoms with Gasteiger partial charge in [-0.15, -0.1) is 0 Å². The summed E-state index contributed by atoms with van der Waals surface area (Å²) in [5.74, 6) is -0.238. The smallest absolute Gasteiger partial charge is 0.131 e. The number of para-hydroxylation sites is 2. The highest BCUT2D eigenvalue weighted by Gasteiger charge is 2.25. The maximum absolute atomic E-state index is 15.5. The summed E-state index contributed by atoms with van der Waals surface area (Å²) in [5.41, 5.74) is 13.4. The van der Waals surface area contributed by atoms with Gasteiger partial charge in [0, 0.05) is 27.9 Å². The van der Waals surface area contributed by atoms with Crippen molar-refractivity contribution in [1.82, 2.24) is 0 Å². The number of hydrogen-bond donors (Lipinski definition) is 0. The summed E-state index contributed by atoms with van der Waals surface area (Å²) < 4.78 is 15.5. The van der Waals surface area contributed by atoms with Crippen LogP contribution in [0.2, 0.25) is 0 Å². The van der Waals surface area contributed by atoms with Crippen molar-refractivity contribution >= 4 is 27.8 Å². The molecule has 0 radical (unpaired) electrons. The van der Waals surface area contributed by atoms with E-state index in [-0.39, 0.29) is 5.82 Å². The zero-order chi connectivity index (χ0) is 36.3. The average molecular weight is 694 g/mol. The molecule has 0 aromatic heterocycles. The second-order valence-electron chi connectivity index (χ2n) is 13.4. The minimum atomic E-state index is -0.238. The normalized spacial score (nSPS) is 11.1. The predicted molar refractivity (Wildman–Crippen MR) is 226 cm³/mol. The number of fused-ring (bicyclic) bond motifs is 1. The van der Waals surface area contributed by atoms with Crippen molar-refractivity contribution in [2.45, 2.75) is 0 Å². The van der Waals surface area contributed by atoms with Gasteiger partial charge in [-0.1, -0.05) is 194 Å². The predicted octanol–water partition coefficient (Wildman–Crippen LogP) is 14.8. The highest BCUT2D eigenvalue weighted by atomic mass is 19.1. The summed E-state index contributed by atoms with van der Waals surface area (Å²) in [6, 6.07) is 75.4. The number of benzene rings is 9. The first kappa shape index (κ1) is 32.8. The minimum absolute atomic E-state index is 0.238. The lowest BCUT2D eigenvalue weighted by Crippen LogP contribution is -2.14. The lowest BCUT2D eigenvalue weighted by Gasteiger charge is -2.32. The molecule has 9 aromatic carbocycles. The van der Waals surface area contributed by atoms with E-state index < -0.39 is 0 Å². The summed E-state index contributed by atoms with van der Waals surface area (Å²) >= 11 is 0. The molecule has 0 fully saturated rings. The van der Waals surface area contributed by atoms with E-state index in [9.17, 15) is 0 Å². The van der Waals surface area contributed by atoms with Crippen molar-refractivity contribution < 1.29 is 4.39 Å². The van der Waals surface area contributed by atoms with Gasteiger partial charge in [0.05, 0.1) is 11.4 Å². The molecular weight excluding hydrogens is 658 g/mol. The molecule has 0 spiro atoms. The Morgan fingerprint density at radius 2 is 0.722 bits per heavy atom. The summed E-state index contributed by atoms with van der Waals surface area (Å²) in [5, 5.41) is 2.06. The van der Waals surface area contributed by atoms with Crippen molar-refractivity contribution in [3.8, 4) is 55.6 Å². The summed E-state index contributed by atoms with van der Waals surface area (Å²) in [7, 11) is 0. The summed E-state index contributed by atoms with van der Waals surface area (Å²) in [4.78, 5) is 2.42. The molecule has 0 aliphatic carbocycles. The molecule has 0 saturated heterocycles. The van der Waals surface area contributed by atoms with Crippen molar-refractivity contribution in [2.24, 2.45) is 0 Å². The standard InChI is InChI=1S/C52H36FN/c53-49-31-12-10-25-45(49)47-29-14-23-41-24-15-30-48(51(41)47)46-26-11-13-32-50(46)54(42-35-33-38(34-36-42)37-17-4-1-5-18-37)52-43(39-19-6-2-7-20-39)27-16-28-44(52)40-21-8-3-9-22-40/h1-36H. The molecule has 0 amide bonds. The average Bonchev–Trinajstić information content (AvgIpc) is 3.25. The Morgan fingerprint density at radius 3 is 1.31 bits per heavy atom. The first-order chi connectivity index (χ1) is 26.7. The van der Waals surface area contributed by atoms with Crippen LogP contribution in [0.3, 0.4) is 0 Å². The van der Waals surface area contributed by atoms with E-state index in [1.807, 2.05) is 30.3 Å². The highest BCUT2D eigenvalue weighted by molar-refractivity contribution is 6.10. The van der Waals surface area contributed by atoms with Crippen molar-refractivity contribution in [3.63, 3.8) is 0 Å². The van der Waals surface area contributed by atoms with Gasteiger partial charge in [0.25, 0.3) is 0 Å². The molecule has 54 heavy (non-hydrogen) atoms. The van der Waals surface area contributed by atoms with Gasteiger partial charge in [-0.05, 0) is 68.4 Å². The molecule has 9 rings (SSSR count). The Morgan fingerprint density at radius 1 is 0.296 bits per heavy atom. The zero-order valence-corrected chi connectivity index (χ0v) is 29.6. The van der Waals surface area contributed by atoms with E-state index in [0.29, 0.717) is 5.56 Å². The molecule has 0 unspecified atom stereocenters. The van der Waals surface area contributed by atoms with Gasteiger partial charge in [0.2, 0.25) is 0 Å². The van der Waals surface area contributed by atoms with Gasteiger partial charge < -0.3 is 4.90 Å². The van der Waals surface area contributed by atoms with Crippen LogP contribution in [0.1, 0.15) is 0 Å². The fraction of sp³-hybridized carbons (Fsp3) is 0. The zero-order valence-electron chi connectivity index (χ0n) is 29.6. The van der Waals surface area contributed by atoms with E-state index in [0.717, 1.165) is 72.3 Å². The quantitative estimate of drug-likeness (QED) is 0.153. The Bertz CT molecular complexity index is 2640. The third kappa shape index (κ3) is 6.14. The van der Waals surface area contributed by atoms with Crippen LogP contribution in [-0.2, 0) is 0 Å². The Labute approximate surface area is 315 Å². The SMILES string of the molecule is Fc1ccccc1-c1cccc2cccc(-c3ccccc3N(c3ccc(-c4ccccc4)cc3)c3c(-c4ccccc4)cccc3-c3ccccc3)c12. The first-order valence-corrected chi connectivity index (χ1v) is 18.3. The maximum atomic E-state index is 15.5. The van der Waals surface area contributed by atoms with Crippen LogP contribution in [0.4, 0.5) is 21.5 Å². The number of anilines is 3. The molecule has 1 nitrogen and oxygen atoms in total. The summed E-state index contributed by atoms with van der Waals surface area (Å²) in [6.07, 6.45) is 0. The van der Waals surface area contributed by atoms with Crippen molar-refractivity contribution in [2.75, 3.05) is 4.90 Å². The molecular formula is C52H36FN. The third-order valence-electron chi connectivity index (χ3n) is 10.2. The number of halogens is 1. The van der Waals surface area contributed by atoms with Gasteiger partial charge in [-0.25, -0.2) is 4.39 Å². The topological polar surface area (TPSA) is 3.24 Å². The fourth-order valence-electron chi connectivity index (χ4n) is 7.67. The van der Waals surface area contributed by atoms with Crippen LogP contribution >= 0.6 is 0 Å². The number of nitrogens with zero attached hydrogens (tertiary/aromatic N) is 1. The van der Waals surface area contributed by atoms with E-state index in [1.165, 1.54) is 11.6 Å². The van der Waals surface area contributed by atoms with E-state index in [1.54, 1.807) is 6.07 Å². The van der Waals surface area contributed by atoms with Crippen LogP contribution in [0.15, 0.2) is 218 Å². The largest absolute Gasteiger partial charge is 0.309 e. The highest BCUT2D eigenvalue weighted by Crippen LogP contribution is 2.50. The van der Waals surface area contributed by atoms with Crippen molar-refractivity contribution in [1.29, 1.82) is 0 Å².